The summed E-state index contributed by atoms with van der Waals surface area (Å²) in [4.78, 5) is 14.0. The number of benzene rings is 1. The standard InChI is InChI=1S/C19H27NO3S/c1-18(2,3)12-8-11(9-13(15(12)21)19(4,5)6)10-14-16(22)20(7)17(23)24-14/h8-10,17,21,23H,1-7H3/b14-10-. The molecule has 0 saturated carbocycles. The van der Waals surface area contributed by atoms with Gasteiger partial charge in [-0.2, -0.15) is 0 Å². The summed E-state index contributed by atoms with van der Waals surface area (Å²) in [6.45, 7) is 12.3. The molecule has 2 N–H and O–H groups in total. The number of likely N-dealkylation sites (N-methyl/N-ethyl adjacent to an activating group) is 1. The quantitative estimate of drug-likeness (QED) is 0.757. The van der Waals surface area contributed by atoms with Crippen LogP contribution in [0.4, 0.5) is 0 Å². The number of hydrogen-bond acceptors (Lipinski definition) is 4. The molecule has 132 valence electrons. The molecule has 1 aliphatic heterocycles. The predicted molar refractivity (Wildman–Crippen MR) is 99.9 cm³/mol. The third-order valence-corrected chi connectivity index (χ3v) is 5.21. The number of phenols is 1. The number of nitrogens with zero attached hydrogens (tertiary/aromatic N) is 1. The highest BCUT2D eigenvalue weighted by molar-refractivity contribution is 8.05. The molecule has 1 heterocycles. The van der Waals surface area contributed by atoms with Crippen LogP contribution in [0.1, 0.15) is 58.2 Å². The zero-order valence-electron chi connectivity index (χ0n) is 15.5. The second-order valence-electron chi connectivity index (χ2n) is 8.33. The summed E-state index contributed by atoms with van der Waals surface area (Å²) in [5, 5.41) is 20.6. The molecule has 4 nitrogen and oxygen atoms in total. The van der Waals surface area contributed by atoms with Crippen LogP contribution in [0, 0.1) is 0 Å². The fraction of sp³-hybridized carbons (Fsp3) is 0.526. The Labute approximate surface area is 148 Å². The second kappa shape index (κ2) is 6.12. The van der Waals surface area contributed by atoms with Gasteiger partial charge in [0.05, 0.1) is 4.91 Å². The molecule has 24 heavy (non-hydrogen) atoms. The Hall–Kier alpha value is -1.46. The summed E-state index contributed by atoms with van der Waals surface area (Å²) in [5.41, 5.74) is 1.28. The maximum atomic E-state index is 12.2. The van der Waals surface area contributed by atoms with E-state index in [1.807, 2.05) is 12.1 Å². The number of aromatic hydroxyl groups is 1. The highest BCUT2D eigenvalue weighted by Gasteiger charge is 2.32. The molecule has 1 amide bonds. The number of aliphatic hydroxyl groups excluding tert-OH is 1. The van der Waals surface area contributed by atoms with Crippen LogP contribution in [-0.2, 0) is 15.6 Å². The summed E-state index contributed by atoms with van der Waals surface area (Å²) in [6, 6.07) is 3.85. The lowest BCUT2D eigenvalue weighted by molar-refractivity contribution is -0.128. The Morgan fingerprint density at radius 3 is 1.88 bits per heavy atom. The number of thioether (sulfide) groups is 1. The molecule has 0 aromatic heterocycles. The van der Waals surface area contributed by atoms with Crippen molar-refractivity contribution >= 4 is 23.7 Å². The number of phenolic OH excluding ortho intramolecular Hbond substituents is 1. The summed E-state index contributed by atoms with van der Waals surface area (Å²) in [5.74, 6) is 0.134. The minimum atomic E-state index is -0.843. The third kappa shape index (κ3) is 3.62. The lowest BCUT2D eigenvalue weighted by Crippen LogP contribution is -2.27. The summed E-state index contributed by atoms with van der Waals surface area (Å²) in [7, 11) is 1.58. The zero-order chi connectivity index (χ0) is 18.4. The Bertz CT molecular complexity index is 661. The largest absolute Gasteiger partial charge is 0.507 e. The molecule has 0 radical (unpaired) electrons. The molecule has 0 bridgehead atoms. The highest BCUT2D eigenvalue weighted by Crippen LogP contribution is 2.41. The molecular formula is C19H27NO3S. The van der Waals surface area contributed by atoms with Gasteiger partial charge in [0.25, 0.3) is 5.91 Å². The van der Waals surface area contributed by atoms with Gasteiger partial charge in [0.15, 0.2) is 5.56 Å². The van der Waals surface area contributed by atoms with Crippen molar-refractivity contribution in [1.82, 2.24) is 4.90 Å². The van der Waals surface area contributed by atoms with Crippen molar-refractivity contribution in [2.45, 2.75) is 57.9 Å². The summed E-state index contributed by atoms with van der Waals surface area (Å²) in [6.07, 6.45) is 1.80. The molecule has 1 fully saturated rings. The van der Waals surface area contributed by atoms with Crippen LogP contribution in [0.15, 0.2) is 17.0 Å². The first-order valence-corrected chi connectivity index (χ1v) is 8.92. The van der Waals surface area contributed by atoms with E-state index in [0.29, 0.717) is 10.7 Å². The number of rotatable bonds is 1. The number of aliphatic hydroxyl groups is 1. The van der Waals surface area contributed by atoms with Gasteiger partial charge in [0.1, 0.15) is 5.75 Å². The van der Waals surface area contributed by atoms with Crippen molar-refractivity contribution in [3.63, 3.8) is 0 Å². The van der Waals surface area contributed by atoms with Crippen LogP contribution in [0.25, 0.3) is 6.08 Å². The van der Waals surface area contributed by atoms with E-state index in [0.717, 1.165) is 28.5 Å². The van der Waals surface area contributed by atoms with Gasteiger partial charge in [-0.15, -0.1) is 0 Å². The molecule has 0 spiro atoms. The van der Waals surface area contributed by atoms with Gasteiger partial charge >= 0.3 is 0 Å². The minimum absolute atomic E-state index is 0.185. The fourth-order valence-corrected chi connectivity index (χ4v) is 3.58. The Balaban J connectivity index is 2.62. The predicted octanol–water partition coefficient (Wildman–Crippen LogP) is 3.81. The lowest BCUT2D eigenvalue weighted by atomic mass is 9.78. The molecule has 1 aromatic carbocycles. The third-order valence-electron chi connectivity index (χ3n) is 4.14. The van der Waals surface area contributed by atoms with Crippen LogP contribution >= 0.6 is 11.8 Å². The van der Waals surface area contributed by atoms with Crippen LogP contribution < -0.4 is 0 Å². The number of carbonyl (C=O) groups excluding carboxylic acids is 1. The monoisotopic (exact) mass is 349 g/mol. The van der Waals surface area contributed by atoms with E-state index in [1.54, 1.807) is 13.1 Å². The van der Waals surface area contributed by atoms with E-state index in [-0.39, 0.29) is 16.7 Å². The maximum absolute atomic E-state index is 12.2. The summed E-state index contributed by atoms with van der Waals surface area (Å²) < 4.78 is 0. The van der Waals surface area contributed by atoms with Crippen LogP contribution in [-0.4, -0.2) is 33.6 Å². The average Bonchev–Trinajstić information content (AvgIpc) is 2.65. The van der Waals surface area contributed by atoms with Gasteiger partial charge in [0, 0.05) is 18.2 Å². The van der Waals surface area contributed by atoms with Gasteiger partial charge in [0.2, 0.25) is 0 Å². The highest BCUT2D eigenvalue weighted by atomic mass is 32.2. The number of amides is 1. The molecule has 0 aliphatic carbocycles. The Kier molecular flexibility index (Phi) is 4.81. The van der Waals surface area contributed by atoms with Gasteiger partial charge in [-0.05, 0) is 34.6 Å². The summed E-state index contributed by atoms with van der Waals surface area (Å²) >= 11 is 1.14. The molecule has 1 atom stereocenters. The molecule has 1 aliphatic rings. The van der Waals surface area contributed by atoms with Crippen LogP contribution in [0.5, 0.6) is 5.75 Å². The van der Waals surface area contributed by atoms with Crippen LogP contribution in [0.2, 0.25) is 0 Å². The van der Waals surface area contributed by atoms with Gasteiger partial charge in [-0.25, -0.2) is 0 Å². The topological polar surface area (TPSA) is 60.8 Å². The maximum Gasteiger partial charge on any atom is 0.262 e. The van der Waals surface area contributed by atoms with Crippen molar-refractivity contribution in [2.75, 3.05) is 7.05 Å². The zero-order valence-corrected chi connectivity index (χ0v) is 16.3. The number of hydrogen-bond donors (Lipinski definition) is 2. The van der Waals surface area contributed by atoms with Crippen molar-refractivity contribution in [1.29, 1.82) is 0 Å². The Morgan fingerprint density at radius 1 is 1.08 bits per heavy atom. The van der Waals surface area contributed by atoms with E-state index in [2.05, 4.69) is 41.5 Å². The van der Waals surface area contributed by atoms with E-state index < -0.39 is 5.56 Å². The normalized spacial score (nSPS) is 21.0. The van der Waals surface area contributed by atoms with E-state index in [9.17, 15) is 15.0 Å². The van der Waals surface area contributed by atoms with Crippen molar-refractivity contribution in [2.24, 2.45) is 0 Å². The first kappa shape index (κ1) is 18.9. The number of carbonyl (C=O) groups is 1. The van der Waals surface area contributed by atoms with Gasteiger partial charge in [-0.1, -0.05) is 53.3 Å². The molecule has 5 heteroatoms. The lowest BCUT2D eigenvalue weighted by Gasteiger charge is -2.28. The molecule has 2 rings (SSSR count). The molecule has 1 unspecified atom stereocenters. The fourth-order valence-electron chi connectivity index (χ4n) is 2.65. The average molecular weight is 349 g/mol. The van der Waals surface area contributed by atoms with Crippen LogP contribution in [0.3, 0.4) is 0 Å². The minimum Gasteiger partial charge on any atom is -0.507 e. The van der Waals surface area contributed by atoms with Crippen molar-refractivity contribution in [3.05, 3.63) is 33.7 Å². The molecular weight excluding hydrogens is 322 g/mol. The van der Waals surface area contributed by atoms with E-state index >= 15 is 0 Å². The van der Waals surface area contributed by atoms with Crippen molar-refractivity contribution < 1.29 is 15.0 Å². The molecule has 1 aromatic rings. The van der Waals surface area contributed by atoms with Gasteiger partial charge in [-0.3, -0.25) is 4.79 Å². The van der Waals surface area contributed by atoms with Gasteiger partial charge < -0.3 is 15.1 Å². The van der Waals surface area contributed by atoms with E-state index in [1.165, 1.54) is 4.90 Å². The first-order chi connectivity index (χ1) is 10.8. The van der Waals surface area contributed by atoms with E-state index in [4.69, 9.17) is 0 Å². The van der Waals surface area contributed by atoms with Crippen molar-refractivity contribution in [3.8, 4) is 5.75 Å². The Morgan fingerprint density at radius 2 is 1.54 bits per heavy atom. The molecule has 1 saturated heterocycles. The first-order valence-electron chi connectivity index (χ1n) is 8.04. The smallest absolute Gasteiger partial charge is 0.262 e. The second-order valence-corrected chi connectivity index (χ2v) is 9.43. The SMILES string of the molecule is CN1C(=O)/C(=C/c2cc(C(C)(C)C)c(O)c(C(C)(C)C)c2)SC1O.